The average Bonchev–Trinajstić information content (AvgIpc) is 1.43. The van der Waals surface area contributed by atoms with Gasteiger partial charge in [0, 0.05) is 25.7 Å². The number of aliphatic carboxylic acids is 1. The Hall–Kier alpha value is -5.85. The topological polar surface area (TPSA) is 388 Å². The van der Waals surface area contributed by atoms with Crippen LogP contribution in [-0.2, 0) is 126 Å². The maximum Gasteiger partial charge on any atom is 0.335 e. The minimum atomic E-state index is -1.87. The van der Waals surface area contributed by atoms with Crippen LogP contribution in [0.5, 0.6) is 0 Å². The quantitative estimate of drug-likeness (QED) is 0.0286. The highest BCUT2D eigenvalue weighted by Gasteiger charge is 2.46. The van der Waals surface area contributed by atoms with Crippen LogP contribution in [0.2, 0.25) is 0 Å². The monoisotopic (exact) mass is 1340 g/mol. The number of carbonyl (C=O) groups excluding carboxylic acids is 6. The number of carboxylic acids is 1. The molecular formula is C63H100N6O25. The fourth-order valence-electron chi connectivity index (χ4n) is 9.12. The molecule has 2 aliphatic rings. The number of benzene rings is 1. The summed E-state index contributed by atoms with van der Waals surface area (Å²) in [5.74, 6) is -5.65. The Balaban J connectivity index is 1.09. The highest BCUT2D eigenvalue weighted by molar-refractivity contribution is 6.13. The molecule has 1 saturated heterocycles. The first-order valence-corrected chi connectivity index (χ1v) is 31.7. The van der Waals surface area contributed by atoms with Gasteiger partial charge in [0.1, 0.15) is 36.7 Å². The molecule has 3 heterocycles. The number of aliphatic hydroxyl groups is 3. The fourth-order valence-corrected chi connectivity index (χ4v) is 9.12. The van der Waals surface area contributed by atoms with Gasteiger partial charge in [-0.2, -0.15) is 0 Å². The third kappa shape index (κ3) is 30.9. The van der Waals surface area contributed by atoms with E-state index in [0.29, 0.717) is 155 Å². The predicted molar refractivity (Wildman–Crippen MR) is 331 cm³/mol. The van der Waals surface area contributed by atoms with E-state index in [9.17, 15) is 54.0 Å². The second-order valence-electron chi connectivity index (χ2n) is 23.3. The lowest BCUT2D eigenvalue weighted by molar-refractivity contribution is -0.228. The fraction of sp³-hybridized carbons (Fsp3) is 0.730. The van der Waals surface area contributed by atoms with Crippen molar-refractivity contribution in [2.75, 3.05) is 159 Å². The summed E-state index contributed by atoms with van der Waals surface area (Å²) in [5, 5.41) is 54.5. The van der Waals surface area contributed by atoms with Crippen molar-refractivity contribution in [2.24, 2.45) is 11.3 Å². The number of aliphatic hydroxyl groups excluding tert-OH is 3. The van der Waals surface area contributed by atoms with E-state index < -0.39 is 108 Å². The van der Waals surface area contributed by atoms with Crippen molar-refractivity contribution < 1.29 is 120 Å². The molecule has 4 amide bonds. The third-order valence-corrected chi connectivity index (χ3v) is 14.4. The summed E-state index contributed by atoms with van der Waals surface area (Å²) >= 11 is 0. The van der Waals surface area contributed by atoms with E-state index in [1.54, 1.807) is 59.9 Å². The summed E-state index contributed by atoms with van der Waals surface area (Å²) in [7, 11) is 1.63. The van der Waals surface area contributed by atoms with Crippen molar-refractivity contribution in [3.05, 3.63) is 58.9 Å². The number of aryl methyl sites for hydroxylation is 1. The number of rotatable bonds is 53. The van der Waals surface area contributed by atoms with Gasteiger partial charge in [-0.05, 0) is 63.1 Å². The molecular weight excluding hydrogens is 1240 g/mol. The summed E-state index contributed by atoms with van der Waals surface area (Å²) < 4.78 is 78.0. The van der Waals surface area contributed by atoms with Gasteiger partial charge in [0.05, 0.1) is 195 Å². The molecule has 0 aliphatic carbocycles. The zero-order chi connectivity index (χ0) is 68.7. The number of amides is 4. The van der Waals surface area contributed by atoms with Crippen LogP contribution in [0.25, 0.3) is 0 Å². The van der Waals surface area contributed by atoms with Gasteiger partial charge >= 0.3 is 11.9 Å². The van der Waals surface area contributed by atoms with Crippen molar-refractivity contribution in [1.29, 1.82) is 0 Å². The van der Waals surface area contributed by atoms with E-state index >= 15 is 0 Å². The van der Waals surface area contributed by atoms with Crippen LogP contribution >= 0.6 is 0 Å². The van der Waals surface area contributed by atoms with Crippen molar-refractivity contribution >= 4 is 41.4 Å². The number of carbonyl (C=O) groups is 7. The van der Waals surface area contributed by atoms with Crippen LogP contribution in [0.4, 0.5) is 0 Å². The maximum atomic E-state index is 13.8. The van der Waals surface area contributed by atoms with Crippen LogP contribution in [0.3, 0.4) is 0 Å². The second-order valence-corrected chi connectivity index (χ2v) is 23.3. The van der Waals surface area contributed by atoms with E-state index in [0.717, 1.165) is 17.1 Å². The van der Waals surface area contributed by atoms with Crippen LogP contribution in [0, 0.1) is 11.3 Å². The molecule has 1 aromatic heterocycles. The molecule has 1 aromatic carbocycles. The summed E-state index contributed by atoms with van der Waals surface area (Å²) in [6.45, 7) is 19.9. The molecule has 4 rings (SSSR count). The van der Waals surface area contributed by atoms with Crippen LogP contribution in [-0.4, -0.2) is 283 Å². The zero-order valence-electron chi connectivity index (χ0n) is 55.3. The first-order valence-electron chi connectivity index (χ1n) is 31.7. The molecule has 0 bridgehead atoms. The van der Waals surface area contributed by atoms with Gasteiger partial charge < -0.3 is 97.4 Å². The van der Waals surface area contributed by atoms with E-state index in [-0.39, 0.29) is 51.3 Å². The van der Waals surface area contributed by atoms with Gasteiger partial charge in [-0.3, -0.25) is 33.7 Å². The van der Waals surface area contributed by atoms with Gasteiger partial charge in [-0.15, -0.1) is 5.10 Å². The van der Waals surface area contributed by atoms with Gasteiger partial charge in [0.15, 0.2) is 11.9 Å². The molecule has 0 radical (unpaired) electrons. The number of nitrogens with zero attached hydrogens (tertiary/aromatic N) is 4. The summed E-state index contributed by atoms with van der Waals surface area (Å²) in [4.78, 5) is 92.6. The lowest BCUT2D eigenvalue weighted by atomic mass is 9.90. The molecule has 94 heavy (non-hydrogen) atoms. The third-order valence-electron chi connectivity index (χ3n) is 14.4. The zero-order valence-corrected chi connectivity index (χ0v) is 55.3. The molecule has 1 fully saturated rings. The molecule has 0 saturated carbocycles. The molecule has 0 unspecified atom stereocenters. The second kappa shape index (κ2) is 45.6. The van der Waals surface area contributed by atoms with Crippen LogP contribution in [0.15, 0.2) is 36.5 Å². The largest absolute Gasteiger partial charge is 0.479 e. The number of hydrogen-bond donors (Lipinski definition) is 6. The first kappa shape index (κ1) is 80.6. The van der Waals surface area contributed by atoms with E-state index in [2.05, 4.69) is 20.9 Å². The average molecular weight is 1340 g/mol. The minimum Gasteiger partial charge on any atom is -0.479 e. The van der Waals surface area contributed by atoms with Gasteiger partial charge in [-0.1, -0.05) is 37.3 Å². The Bertz CT molecular complexity index is 2570. The van der Waals surface area contributed by atoms with Crippen molar-refractivity contribution in [3.8, 4) is 0 Å². The molecule has 31 heteroatoms. The van der Waals surface area contributed by atoms with Crippen molar-refractivity contribution in [2.45, 2.75) is 129 Å². The summed E-state index contributed by atoms with van der Waals surface area (Å²) in [6.07, 6.45) is -5.25. The summed E-state index contributed by atoms with van der Waals surface area (Å²) in [5.41, 5.74) is 0.904. The molecule has 2 aliphatic heterocycles. The first-order chi connectivity index (χ1) is 45.1. The van der Waals surface area contributed by atoms with E-state index in [1.807, 2.05) is 0 Å². The molecule has 6 N–H and O–H groups in total. The van der Waals surface area contributed by atoms with E-state index in [1.165, 1.54) is 17.8 Å². The Kier molecular flexibility index (Phi) is 39.1. The number of ketones is 1. The van der Waals surface area contributed by atoms with E-state index in [4.69, 9.17) is 66.3 Å². The smallest absolute Gasteiger partial charge is 0.335 e. The molecule has 2 aromatic rings. The van der Waals surface area contributed by atoms with Gasteiger partial charge in [-0.25, -0.2) is 9.48 Å². The Labute approximate surface area is 548 Å². The SMILES string of the molecule is COCCOCCOCCOCCOCCOCCOCCOCCOCCOCCOCCOCCn1cc([C@H](CC(=O)N[C@H](C(=O)N[C@@H](C)C(=O)Cc2ccc(COC(=O)C(C)(C)C)c(CC[C@@H]3O[C@H](C(=O)O)[C@@H](O)[C@H](O)[C@H]3O)c2)C(C)C)N2C(=O)C=CC2=O)nn1. The number of imide groups is 1. The van der Waals surface area contributed by atoms with Gasteiger partial charge in [0.25, 0.3) is 11.8 Å². The Morgan fingerprint density at radius 1 is 0.628 bits per heavy atom. The minimum absolute atomic E-state index is 0.0327. The normalized spacial score (nSPS) is 18.4. The van der Waals surface area contributed by atoms with Crippen molar-refractivity contribution in [3.63, 3.8) is 0 Å². The number of carboxylic acid groups (broad SMARTS) is 1. The van der Waals surface area contributed by atoms with Crippen molar-refractivity contribution in [1.82, 2.24) is 30.5 Å². The molecule has 8 atom stereocenters. The number of Topliss-reactive ketones (excluding diaryl/α,β-unsaturated/α-hetero) is 1. The Morgan fingerprint density at radius 2 is 1.10 bits per heavy atom. The predicted octanol–water partition coefficient (Wildman–Crippen LogP) is -0.123. The number of esters is 1. The maximum absolute atomic E-state index is 13.8. The van der Waals surface area contributed by atoms with Gasteiger partial charge in [0.2, 0.25) is 11.8 Å². The highest BCUT2D eigenvalue weighted by atomic mass is 16.6. The lowest BCUT2D eigenvalue weighted by Gasteiger charge is -2.39. The molecule has 31 nitrogen and oxygen atoms in total. The molecule has 532 valence electrons. The molecule has 0 spiro atoms. The summed E-state index contributed by atoms with van der Waals surface area (Å²) in [6, 6.07) is 1.54. The number of methoxy groups -OCH3 is 1. The Morgan fingerprint density at radius 3 is 1.54 bits per heavy atom. The highest BCUT2D eigenvalue weighted by Crippen LogP contribution is 2.29. The lowest BCUT2D eigenvalue weighted by Crippen LogP contribution is -2.59. The van der Waals surface area contributed by atoms with Crippen LogP contribution in [0.1, 0.15) is 82.8 Å². The van der Waals surface area contributed by atoms with Crippen LogP contribution < -0.4 is 10.6 Å². The number of ether oxygens (including phenoxy) is 14. The number of aromatic nitrogens is 3. The number of hydrogen-bond acceptors (Lipinski definition) is 26. The number of nitrogens with one attached hydrogen (secondary N) is 2. The standard InChI is InChI=1S/C63H100N6O25/c1-43(2)55(60(77)64-44(3)50(70)39-45-8-9-47(42-93-62(80)63(4,5)6)46(38-45)10-11-51-56(74)57(75)58(76)59(94-51)61(78)79)65-52(71)40-49(69-53(72)12-13-54(69)73)48-41-68(67-66-48)14-15-82-18-19-84-22-23-86-26-27-88-30-31-90-34-35-92-37-36-91-33-32-89-29-28-87-25-24-85-21-20-83-17-16-81-7/h8-9,12-13,38,41,43-44,49,51,55-59,74-76H,10-11,14-37,39-40,42H2,1-7H3,(H,64,77)(H,65,71)(H,78,79)/t44-,49-,51-,55-,56-,57+,58-,59-/m0/s1.